The SMILES string of the molecule is O=c1n(Cc2ccccc2)c2nc(-c3ccccc3)cc(C(F)(F)F)c2n1Cc1cn(-c2cccc(C(F)(F)F)c2)nn1. The zero-order chi connectivity index (χ0) is 30.4. The maximum Gasteiger partial charge on any atom is 0.418 e. The Morgan fingerprint density at radius 3 is 2.09 bits per heavy atom. The number of fused-ring (bicyclic) bond motifs is 1. The first kappa shape index (κ1) is 27.9. The Kier molecular flexibility index (Phi) is 6.87. The average molecular weight is 595 g/mol. The van der Waals surface area contributed by atoms with E-state index < -0.39 is 41.2 Å². The lowest BCUT2D eigenvalue weighted by Gasteiger charge is -2.13. The number of aromatic nitrogens is 6. The minimum Gasteiger partial charge on any atom is -0.284 e. The van der Waals surface area contributed by atoms with E-state index in [1.54, 1.807) is 60.7 Å². The predicted molar refractivity (Wildman–Crippen MR) is 145 cm³/mol. The molecule has 6 aromatic rings. The van der Waals surface area contributed by atoms with E-state index in [0.717, 1.165) is 27.4 Å². The van der Waals surface area contributed by atoms with E-state index in [1.165, 1.54) is 22.9 Å². The fraction of sp³-hybridized carbons (Fsp3) is 0.133. The van der Waals surface area contributed by atoms with Crippen molar-refractivity contribution in [1.29, 1.82) is 0 Å². The van der Waals surface area contributed by atoms with Gasteiger partial charge in [0, 0.05) is 5.56 Å². The van der Waals surface area contributed by atoms with Crippen LogP contribution in [0.25, 0.3) is 28.1 Å². The van der Waals surface area contributed by atoms with Gasteiger partial charge in [-0.3, -0.25) is 9.13 Å². The molecule has 3 aromatic heterocycles. The van der Waals surface area contributed by atoms with Gasteiger partial charge >= 0.3 is 18.0 Å². The maximum absolute atomic E-state index is 14.6. The molecular weight excluding hydrogens is 574 g/mol. The molecule has 3 aromatic carbocycles. The summed E-state index contributed by atoms with van der Waals surface area (Å²) in [7, 11) is 0. The number of imidazole rings is 1. The molecule has 0 aliphatic rings. The molecule has 6 rings (SSSR count). The average Bonchev–Trinajstić information content (AvgIpc) is 3.56. The Hall–Kier alpha value is -5.20. The van der Waals surface area contributed by atoms with Crippen molar-refractivity contribution < 1.29 is 26.3 Å². The van der Waals surface area contributed by atoms with Crippen molar-refractivity contribution >= 4 is 11.2 Å². The summed E-state index contributed by atoms with van der Waals surface area (Å²) in [4.78, 5) is 18.3. The quantitative estimate of drug-likeness (QED) is 0.204. The molecule has 0 atom stereocenters. The summed E-state index contributed by atoms with van der Waals surface area (Å²) in [5.41, 5.74) is -2.12. The highest BCUT2D eigenvalue weighted by atomic mass is 19.4. The predicted octanol–water partition coefficient (Wildman–Crippen LogP) is 6.58. The molecule has 0 radical (unpaired) electrons. The second-order valence-corrected chi connectivity index (χ2v) is 9.73. The van der Waals surface area contributed by atoms with Crippen LogP contribution >= 0.6 is 0 Å². The zero-order valence-electron chi connectivity index (χ0n) is 22.0. The van der Waals surface area contributed by atoms with Gasteiger partial charge in [0.1, 0.15) is 11.2 Å². The topological polar surface area (TPSA) is 70.5 Å². The molecule has 218 valence electrons. The highest BCUT2D eigenvalue weighted by molar-refractivity contribution is 5.81. The van der Waals surface area contributed by atoms with Crippen LogP contribution < -0.4 is 5.69 Å². The van der Waals surface area contributed by atoms with E-state index in [9.17, 15) is 31.1 Å². The third-order valence-corrected chi connectivity index (χ3v) is 6.82. The third kappa shape index (κ3) is 5.53. The van der Waals surface area contributed by atoms with Crippen LogP contribution in [-0.4, -0.2) is 29.1 Å². The fourth-order valence-corrected chi connectivity index (χ4v) is 4.82. The first-order chi connectivity index (χ1) is 20.5. The van der Waals surface area contributed by atoms with Crippen LogP contribution in [0, 0.1) is 0 Å². The van der Waals surface area contributed by atoms with E-state index >= 15 is 0 Å². The molecule has 0 bridgehead atoms. The highest BCUT2D eigenvalue weighted by Crippen LogP contribution is 2.37. The second-order valence-electron chi connectivity index (χ2n) is 9.73. The van der Waals surface area contributed by atoms with Crippen LogP contribution in [0.5, 0.6) is 0 Å². The molecule has 0 saturated heterocycles. The molecule has 0 fully saturated rings. The molecule has 0 saturated carbocycles. The minimum atomic E-state index is -4.85. The van der Waals surface area contributed by atoms with Crippen molar-refractivity contribution in [2.45, 2.75) is 25.4 Å². The van der Waals surface area contributed by atoms with Crippen molar-refractivity contribution in [2.24, 2.45) is 0 Å². The lowest BCUT2D eigenvalue weighted by molar-refractivity contribution is -0.138. The van der Waals surface area contributed by atoms with Gasteiger partial charge in [-0.1, -0.05) is 71.9 Å². The van der Waals surface area contributed by atoms with Gasteiger partial charge in [-0.25, -0.2) is 14.5 Å². The summed E-state index contributed by atoms with van der Waals surface area (Å²) in [6.45, 7) is -0.492. The maximum atomic E-state index is 14.6. The van der Waals surface area contributed by atoms with Crippen LogP contribution in [0.2, 0.25) is 0 Å². The monoisotopic (exact) mass is 594 g/mol. The van der Waals surface area contributed by atoms with Crippen molar-refractivity contribution in [3.8, 4) is 16.9 Å². The number of benzene rings is 3. The molecule has 0 spiro atoms. The van der Waals surface area contributed by atoms with Crippen molar-refractivity contribution in [1.82, 2.24) is 29.1 Å². The summed E-state index contributed by atoms with van der Waals surface area (Å²) in [5.74, 6) is 0. The lowest BCUT2D eigenvalue weighted by atomic mass is 10.1. The normalized spacial score (nSPS) is 12.2. The molecule has 0 N–H and O–H groups in total. The molecule has 3 heterocycles. The number of alkyl halides is 6. The first-order valence-corrected chi connectivity index (χ1v) is 12.9. The van der Waals surface area contributed by atoms with Gasteiger partial charge in [-0.05, 0) is 29.8 Å². The van der Waals surface area contributed by atoms with Gasteiger partial charge in [-0.2, -0.15) is 26.3 Å². The summed E-state index contributed by atoms with van der Waals surface area (Å²) in [6, 6.07) is 22.3. The van der Waals surface area contributed by atoms with Gasteiger partial charge in [-0.15, -0.1) is 5.10 Å². The molecule has 43 heavy (non-hydrogen) atoms. The Labute approximate surface area is 239 Å². The van der Waals surface area contributed by atoms with E-state index in [-0.39, 0.29) is 29.3 Å². The Morgan fingerprint density at radius 2 is 1.42 bits per heavy atom. The minimum absolute atomic E-state index is 0.0369. The van der Waals surface area contributed by atoms with Gasteiger partial charge in [0.05, 0.1) is 41.8 Å². The van der Waals surface area contributed by atoms with Crippen molar-refractivity contribution in [2.75, 3.05) is 0 Å². The summed E-state index contributed by atoms with van der Waals surface area (Å²) in [6.07, 6.45) is -8.18. The third-order valence-electron chi connectivity index (χ3n) is 6.82. The molecule has 0 unspecified atom stereocenters. The number of rotatable bonds is 6. The summed E-state index contributed by atoms with van der Waals surface area (Å²) < 4.78 is 86.6. The van der Waals surface area contributed by atoms with Crippen LogP contribution in [-0.2, 0) is 25.4 Å². The largest absolute Gasteiger partial charge is 0.418 e. The first-order valence-electron chi connectivity index (χ1n) is 12.9. The van der Waals surface area contributed by atoms with E-state index in [0.29, 0.717) is 11.1 Å². The highest BCUT2D eigenvalue weighted by Gasteiger charge is 2.37. The Bertz CT molecular complexity index is 1970. The van der Waals surface area contributed by atoms with E-state index in [2.05, 4.69) is 15.3 Å². The molecular formula is C30H20F6N6O. The summed E-state index contributed by atoms with van der Waals surface area (Å²) >= 11 is 0. The molecule has 0 aliphatic carbocycles. The molecule has 7 nitrogen and oxygen atoms in total. The van der Waals surface area contributed by atoms with Gasteiger partial charge < -0.3 is 0 Å². The molecule has 13 heteroatoms. The van der Waals surface area contributed by atoms with Crippen molar-refractivity contribution in [3.63, 3.8) is 0 Å². The second kappa shape index (κ2) is 10.6. The zero-order valence-corrected chi connectivity index (χ0v) is 22.0. The Morgan fingerprint density at radius 1 is 0.721 bits per heavy atom. The number of hydrogen-bond acceptors (Lipinski definition) is 4. The molecule has 0 amide bonds. The smallest absolute Gasteiger partial charge is 0.284 e. The van der Waals surface area contributed by atoms with E-state index in [4.69, 9.17) is 0 Å². The lowest BCUT2D eigenvalue weighted by Crippen LogP contribution is -2.25. The summed E-state index contributed by atoms with van der Waals surface area (Å²) in [5, 5.41) is 7.79. The van der Waals surface area contributed by atoms with Crippen LogP contribution in [0.4, 0.5) is 26.3 Å². The van der Waals surface area contributed by atoms with Gasteiger partial charge in [0.15, 0.2) is 5.65 Å². The fourth-order valence-electron chi connectivity index (χ4n) is 4.82. The van der Waals surface area contributed by atoms with Gasteiger partial charge in [0.2, 0.25) is 0 Å². The van der Waals surface area contributed by atoms with Crippen molar-refractivity contribution in [3.05, 3.63) is 130 Å². The number of nitrogens with zero attached hydrogens (tertiary/aromatic N) is 6. The van der Waals surface area contributed by atoms with Crippen LogP contribution in [0.1, 0.15) is 22.4 Å². The van der Waals surface area contributed by atoms with E-state index in [1.807, 2.05) is 0 Å². The number of halogens is 6. The van der Waals surface area contributed by atoms with Gasteiger partial charge in [0.25, 0.3) is 0 Å². The Balaban J connectivity index is 1.51. The van der Waals surface area contributed by atoms with Crippen LogP contribution in [0.3, 0.4) is 0 Å². The number of pyridine rings is 1. The molecule has 0 aliphatic heterocycles. The number of hydrogen-bond donors (Lipinski definition) is 0. The van der Waals surface area contributed by atoms with Crippen LogP contribution in [0.15, 0.2) is 102 Å². The standard InChI is InChI=1S/C30H20F6N6O/c31-29(32,33)21-12-7-13-23(14-21)42-18-22(38-39-42)17-40-26-24(30(34,35)36)15-25(20-10-5-2-6-11-20)37-27(26)41(28(40)43)16-19-8-3-1-4-9-19/h1-15,18H,16-17H2.